The van der Waals surface area contributed by atoms with Gasteiger partial charge in [0.25, 0.3) is 0 Å². The Kier molecular flexibility index (Phi) is 2.49. The van der Waals surface area contributed by atoms with Gasteiger partial charge in [-0.15, -0.1) is 0 Å². The molecule has 0 bridgehead atoms. The lowest BCUT2D eigenvalue weighted by molar-refractivity contribution is 0.382. The van der Waals surface area contributed by atoms with Gasteiger partial charge in [0.05, 0.1) is 0 Å². The normalized spacial score (nSPS) is 25.3. The van der Waals surface area contributed by atoms with Crippen molar-refractivity contribution in [2.75, 3.05) is 6.54 Å². The van der Waals surface area contributed by atoms with E-state index >= 15 is 0 Å². The minimum absolute atomic E-state index is 0.573. The Labute approximate surface area is 67.4 Å². The van der Waals surface area contributed by atoms with Gasteiger partial charge in [0, 0.05) is 12.6 Å². The zero-order valence-corrected chi connectivity index (χ0v) is 7.16. The fraction of sp³-hybridized carbons (Fsp3) is 0.857. The Hall–Kier alpha value is -0.310. The molecule has 10 heavy (non-hydrogen) atoms. The summed E-state index contributed by atoms with van der Waals surface area (Å²) in [5.74, 6) is 0. The highest BCUT2D eigenvalue weighted by atomic mass is 32.1. The molecular weight excluding hydrogens is 144 g/mol. The summed E-state index contributed by atoms with van der Waals surface area (Å²) >= 11 is 4.90. The summed E-state index contributed by atoms with van der Waals surface area (Å²) in [4.78, 5) is 2.13. The fourth-order valence-electron chi connectivity index (χ4n) is 1.55. The second kappa shape index (κ2) is 3.19. The summed E-state index contributed by atoms with van der Waals surface area (Å²) in [5.41, 5.74) is 5.52. The van der Waals surface area contributed by atoms with Crippen LogP contribution in [-0.2, 0) is 0 Å². The van der Waals surface area contributed by atoms with Gasteiger partial charge >= 0.3 is 0 Å². The first-order chi connectivity index (χ1) is 4.75. The second-order valence-electron chi connectivity index (χ2n) is 2.74. The number of hydrogen-bond acceptors (Lipinski definition) is 1. The highest BCUT2D eigenvalue weighted by Crippen LogP contribution is 2.18. The van der Waals surface area contributed by atoms with Gasteiger partial charge in [-0.3, -0.25) is 0 Å². The molecule has 1 saturated heterocycles. The van der Waals surface area contributed by atoms with Crippen LogP contribution in [0.3, 0.4) is 0 Å². The summed E-state index contributed by atoms with van der Waals surface area (Å²) in [6, 6.07) is 0.623. The molecule has 0 aromatic heterocycles. The smallest absolute Gasteiger partial charge is 0.166 e. The van der Waals surface area contributed by atoms with Crippen molar-refractivity contribution in [1.29, 1.82) is 0 Å². The van der Waals surface area contributed by atoms with Gasteiger partial charge in [-0.1, -0.05) is 6.92 Å². The minimum atomic E-state index is 0.573. The Morgan fingerprint density at radius 3 is 2.90 bits per heavy atom. The zero-order chi connectivity index (χ0) is 7.56. The van der Waals surface area contributed by atoms with E-state index in [4.69, 9.17) is 18.0 Å². The molecule has 1 aliphatic rings. The maximum absolute atomic E-state index is 5.52. The van der Waals surface area contributed by atoms with Gasteiger partial charge in [0.15, 0.2) is 5.11 Å². The molecule has 1 heterocycles. The fourth-order valence-corrected chi connectivity index (χ4v) is 1.79. The van der Waals surface area contributed by atoms with Gasteiger partial charge in [-0.05, 0) is 31.5 Å². The first-order valence-corrected chi connectivity index (χ1v) is 4.22. The predicted octanol–water partition coefficient (Wildman–Crippen LogP) is 1.10. The van der Waals surface area contributed by atoms with E-state index in [1.54, 1.807) is 0 Å². The third-order valence-electron chi connectivity index (χ3n) is 2.13. The highest BCUT2D eigenvalue weighted by Gasteiger charge is 2.22. The minimum Gasteiger partial charge on any atom is -0.376 e. The first kappa shape index (κ1) is 7.79. The average molecular weight is 158 g/mol. The first-order valence-electron chi connectivity index (χ1n) is 3.81. The molecule has 0 radical (unpaired) electrons. The molecule has 0 aromatic carbocycles. The van der Waals surface area contributed by atoms with Crippen molar-refractivity contribution < 1.29 is 0 Å². The summed E-state index contributed by atoms with van der Waals surface area (Å²) in [7, 11) is 0. The summed E-state index contributed by atoms with van der Waals surface area (Å²) in [6.07, 6.45) is 3.67. The number of thiocarbonyl (C=S) groups is 1. The molecule has 1 atom stereocenters. The third-order valence-corrected chi connectivity index (χ3v) is 2.37. The van der Waals surface area contributed by atoms with Crippen LogP contribution in [0.4, 0.5) is 0 Å². The summed E-state index contributed by atoms with van der Waals surface area (Å²) < 4.78 is 0. The van der Waals surface area contributed by atoms with Crippen LogP contribution in [0.15, 0.2) is 0 Å². The van der Waals surface area contributed by atoms with Crippen molar-refractivity contribution in [3.05, 3.63) is 0 Å². The van der Waals surface area contributed by atoms with Crippen LogP contribution in [0.5, 0.6) is 0 Å². The molecule has 1 unspecified atom stereocenters. The molecule has 1 fully saturated rings. The van der Waals surface area contributed by atoms with E-state index < -0.39 is 0 Å². The van der Waals surface area contributed by atoms with Crippen molar-refractivity contribution in [2.24, 2.45) is 5.73 Å². The standard InChI is InChI=1S/C7H14N2S/c1-2-6-4-3-5-9(6)7(8)10/h6H,2-5H2,1H3,(H2,8,10). The maximum Gasteiger partial charge on any atom is 0.166 e. The molecule has 2 N–H and O–H groups in total. The van der Waals surface area contributed by atoms with Crippen LogP contribution in [0, 0.1) is 0 Å². The maximum atomic E-state index is 5.52. The molecule has 58 valence electrons. The molecule has 0 amide bonds. The Bertz CT molecular complexity index is 136. The largest absolute Gasteiger partial charge is 0.376 e. The van der Waals surface area contributed by atoms with E-state index in [0.717, 1.165) is 13.0 Å². The molecular formula is C7H14N2S. The average Bonchev–Trinajstić information content (AvgIpc) is 2.33. The molecule has 3 heteroatoms. The van der Waals surface area contributed by atoms with E-state index in [2.05, 4.69) is 11.8 Å². The lowest BCUT2D eigenvalue weighted by Gasteiger charge is -2.23. The van der Waals surface area contributed by atoms with Gasteiger partial charge in [0.1, 0.15) is 0 Å². The van der Waals surface area contributed by atoms with Crippen molar-refractivity contribution in [3.8, 4) is 0 Å². The number of nitrogens with zero attached hydrogens (tertiary/aromatic N) is 1. The lowest BCUT2D eigenvalue weighted by Crippen LogP contribution is -2.38. The van der Waals surface area contributed by atoms with Crippen LogP contribution < -0.4 is 5.73 Å². The number of nitrogens with two attached hydrogens (primary N) is 1. The highest BCUT2D eigenvalue weighted by molar-refractivity contribution is 7.80. The van der Waals surface area contributed by atoms with E-state index in [1.807, 2.05) is 0 Å². The Balaban J connectivity index is 2.50. The van der Waals surface area contributed by atoms with Gasteiger partial charge in [0.2, 0.25) is 0 Å². The van der Waals surface area contributed by atoms with E-state index in [0.29, 0.717) is 11.2 Å². The predicted molar refractivity (Wildman–Crippen MR) is 46.8 cm³/mol. The molecule has 0 aliphatic carbocycles. The Morgan fingerprint density at radius 2 is 2.50 bits per heavy atom. The number of rotatable bonds is 1. The van der Waals surface area contributed by atoms with E-state index in [-0.39, 0.29) is 0 Å². The lowest BCUT2D eigenvalue weighted by atomic mass is 10.2. The molecule has 1 rings (SSSR count). The van der Waals surface area contributed by atoms with Crippen LogP contribution in [0.25, 0.3) is 0 Å². The molecule has 0 aromatic rings. The van der Waals surface area contributed by atoms with E-state index in [9.17, 15) is 0 Å². The SMILES string of the molecule is CCC1CCCN1C(N)=S. The number of hydrogen-bond donors (Lipinski definition) is 1. The summed E-state index contributed by atoms with van der Waals surface area (Å²) in [5, 5.41) is 0.573. The topological polar surface area (TPSA) is 29.3 Å². The monoisotopic (exact) mass is 158 g/mol. The van der Waals surface area contributed by atoms with Crippen LogP contribution >= 0.6 is 12.2 Å². The molecule has 0 saturated carbocycles. The van der Waals surface area contributed by atoms with Gasteiger partial charge in [-0.2, -0.15) is 0 Å². The zero-order valence-electron chi connectivity index (χ0n) is 6.34. The van der Waals surface area contributed by atoms with Crippen molar-refractivity contribution in [1.82, 2.24) is 4.90 Å². The van der Waals surface area contributed by atoms with Crippen LogP contribution in [-0.4, -0.2) is 22.6 Å². The molecule has 2 nitrogen and oxygen atoms in total. The van der Waals surface area contributed by atoms with Crippen molar-refractivity contribution >= 4 is 17.3 Å². The quantitative estimate of drug-likeness (QED) is 0.580. The molecule has 1 aliphatic heterocycles. The molecule has 0 spiro atoms. The summed E-state index contributed by atoms with van der Waals surface area (Å²) in [6.45, 7) is 3.25. The van der Waals surface area contributed by atoms with E-state index in [1.165, 1.54) is 12.8 Å². The van der Waals surface area contributed by atoms with Crippen LogP contribution in [0.2, 0.25) is 0 Å². The van der Waals surface area contributed by atoms with Crippen LogP contribution in [0.1, 0.15) is 26.2 Å². The van der Waals surface area contributed by atoms with Gasteiger partial charge < -0.3 is 10.6 Å². The van der Waals surface area contributed by atoms with Crippen molar-refractivity contribution in [3.63, 3.8) is 0 Å². The third kappa shape index (κ3) is 1.40. The van der Waals surface area contributed by atoms with Crippen molar-refractivity contribution in [2.45, 2.75) is 32.2 Å². The van der Waals surface area contributed by atoms with Gasteiger partial charge in [-0.25, -0.2) is 0 Å². The Morgan fingerprint density at radius 1 is 1.80 bits per heavy atom. The second-order valence-corrected chi connectivity index (χ2v) is 3.15. The number of likely N-dealkylation sites (tertiary alicyclic amines) is 1.